The van der Waals surface area contributed by atoms with Crippen LogP contribution >= 0.6 is 0 Å². The standard InChI is InChI=1S/C15H11N3O7.C11H22N2O2/c19-14(16-13(15(20)21)9-4-2-1-3-5-9)10-6-11(17(22)23)8-12(7-10)18(24)25;1-8-5-6-9(7-12-8)13-10(14)15-11(2,3)4/h1-8,13H,(H,16,19)(H,20,21);8-9,12H,5-7H2,1-4H3,(H,13,14)/t13-;8-,9+/m10/s1. The molecule has 0 aliphatic carbocycles. The van der Waals surface area contributed by atoms with Gasteiger partial charge in [-0.15, -0.1) is 0 Å². The Morgan fingerprint density at radius 2 is 1.60 bits per heavy atom. The number of nitrogens with zero attached hydrogens (tertiary/aromatic N) is 2. The monoisotopic (exact) mass is 559 g/mol. The maximum atomic E-state index is 12.3. The second-order valence-corrected chi connectivity index (χ2v) is 10.1. The van der Waals surface area contributed by atoms with Gasteiger partial charge in [-0.25, -0.2) is 9.59 Å². The Bertz CT molecular complexity index is 1190. The number of rotatable bonds is 7. The summed E-state index contributed by atoms with van der Waals surface area (Å²) in [5.74, 6) is -2.33. The van der Waals surface area contributed by atoms with Crippen LogP contribution in [0.15, 0.2) is 48.5 Å². The summed E-state index contributed by atoms with van der Waals surface area (Å²) in [4.78, 5) is 55.1. The van der Waals surface area contributed by atoms with Crippen molar-refractivity contribution in [1.82, 2.24) is 16.0 Å². The zero-order chi connectivity index (χ0) is 30.0. The van der Waals surface area contributed by atoms with Crippen molar-refractivity contribution in [2.45, 2.75) is 64.3 Å². The van der Waals surface area contributed by atoms with Gasteiger partial charge in [0.05, 0.1) is 21.5 Å². The summed E-state index contributed by atoms with van der Waals surface area (Å²) < 4.78 is 5.19. The number of nitro benzene ring substituents is 2. The van der Waals surface area contributed by atoms with Crippen molar-refractivity contribution in [2.75, 3.05) is 6.54 Å². The first-order valence-electron chi connectivity index (χ1n) is 12.4. The molecule has 3 rings (SSSR count). The first kappa shape index (κ1) is 31.6. The van der Waals surface area contributed by atoms with Crippen molar-refractivity contribution in [3.05, 3.63) is 79.9 Å². The Morgan fingerprint density at radius 3 is 2.05 bits per heavy atom. The molecule has 1 saturated heterocycles. The summed E-state index contributed by atoms with van der Waals surface area (Å²) in [6.45, 7) is 8.60. The van der Waals surface area contributed by atoms with Crippen molar-refractivity contribution in [2.24, 2.45) is 0 Å². The number of carboxylic acids is 1. The zero-order valence-electron chi connectivity index (χ0n) is 22.6. The van der Waals surface area contributed by atoms with Crippen molar-refractivity contribution >= 4 is 29.3 Å². The lowest BCUT2D eigenvalue weighted by atomic mass is 10.0. The number of carbonyl (C=O) groups excluding carboxylic acids is 2. The van der Waals surface area contributed by atoms with E-state index in [1.807, 2.05) is 20.8 Å². The second kappa shape index (κ2) is 14.0. The molecule has 1 aliphatic rings. The van der Waals surface area contributed by atoms with Gasteiger partial charge in [0, 0.05) is 30.8 Å². The van der Waals surface area contributed by atoms with Crippen LogP contribution in [0.4, 0.5) is 16.2 Å². The number of carbonyl (C=O) groups is 3. The first-order chi connectivity index (χ1) is 18.7. The summed E-state index contributed by atoms with van der Waals surface area (Å²) in [6, 6.07) is 9.52. The average Bonchev–Trinajstić information content (AvgIpc) is 2.87. The summed E-state index contributed by atoms with van der Waals surface area (Å²) >= 11 is 0. The van der Waals surface area contributed by atoms with Gasteiger partial charge in [-0.3, -0.25) is 25.0 Å². The maximum absolute atomic E-state index is 12.3. The maximum Gasteiger partial charge on any atom is 0.407 e. The third-order valence-corrected chi connectivity index (χ3v) is 5.62. The van der Waals surface area contributed by atoms with Gasteiger partial charge < -0.3 is 25.8 Å². The van der Waals surface area contributed by atoms with Crippen LogP contribution in [0, 0.1) is 20.2 Å². The van der Waals surface area contributed by atoms with E-state index in [0.717, 1.165) is 31.5 Å². The molecule has 2 aromatic carbocycles. The van der Waals surface area contributed by atoms with Gasteiger partial charge in [0.25, 0.3) is 17.3 Å². The topological polar surface area (TPSA) is 203 Å². The van der Waals surface area contributed by atoms with Crippen LogP contribution in [0.5, 0.6) is 0 Å². The fourth-order valence-corrected chi connectivity index (χ4v) is 3.68. The number of carboxylic acid groups (broad SMARTS) is 1. The number of piperidine rings is 1. The number of hydrogen-bond acceptors (Lipinski definition) is 9. The van der Waals surface area contributed by atoms with E-state index < -0.39 is 44.7 Å². The molecule has 216 valence electrons. The van der Waals surface area contributed by atoms with E-state index in [1.54, 1.807) is 18.2 Å². The second-order valence-electron chi connectivity index (χ2n) is 10.1. The Balaban J connectivity index is 0.000000319. The van der Waals surface area contributed by atoms with Crippen LogP contribution in [0.25, 0.3) is 0 Å². The average molecular weight is 560 g/mol. The van der Waals surface area contributed by atoms with Gasteiger partial charge in [0.15, 0.2) is 6.04 Å². The van der Waals surface area contributed by atoms with E-state index in [2.05, 4.69) is 22.9 Å². The third-order valence-electron chi connectivity index (χ3n) is 5.62. The summed E-state index contributed by atoms with van der Waals surface area (Å²) in [5.41, 5.74) is -1.82. The largest absolute Gasteiger partial charge is 0.479 e. The van der Waals surface area contributed by atoms with E-state index in [1.165, 1.54) is 12.1 Å². The van der Waals surface area contributed by atoms with Crippen LogP contribution in [0.2, 0.25) is 0 Å². The molecule has 2 aromatic rings. The minimum Gasteiger partial charge on any atom is -0.479 e. The molecule has 1 heterocycles. The van der Waals surface area contributed by atoms with Crippen LogP contribution < -0.4 is 16.0 Å². The van der Waals surface area contributed by atoms with Gasteiger partial charge in [0.2, 0.25) is 0 Å². The molecule has 14 heteroatoms. The number of alkyl carbamates (subject to hydrolysis) is 1. The van der Waals surface area contributed by atoms with Crippen LogP contribution in [0.3, 0.4) is 0 Å². The fourth-order valence-electron chi connectivity index (χ4n) is 3.68. The molecule has 3 atom stereocenters. The molecule has 0 spiro atoms. The number of ether oxygens (including phenoxy) is 1. The molecular formula is C26H33N5O9. The van der Waals surface area contributed by atoms with Crippen molar-refractivity contribution < 1.29 is 34.1 Å². The number of nitrogens with one attached hydrogen (secondary N) is 3. The normalized spacial score (nSPS) is 17.3. The van der Waals surface area contributed by atoms with Gasteiger partial charge in [-0.1, -0.05) is 30.3 Å². The van der Waals surface area contributed by atoms with Gasteiger partial charge >= 0.3 is 12.1 Å². The molecule has 40 heavy (non-hydrogen) atoms. The minimum absolute atomic E-state index is 0.205. The van der Waals surface area contributed by atoms with E-state index in [0.29, 0.717) is 12.1 Å². The Kier molecular flexibility index (Phi) is 11.1. The van der Waals surface area contributed by atoms with Crippen molar-refractivity contribution in [1.29, 1.82) is 0 Å². The SMILES string of the molecule is C[C@H]1CC[C@@H](NC(=O)OC(C)(C)C)CN1.O=C(N[C@@H](C(=O)O)c1ccccc1)c1cc([N+](=O)[O-])cc([N+](=O)[O-])c1. The number of nitro groups is 2. The lowest BCUT2D eigenvalue weighted by molar-refractivity contribution is -0.394. The predicted molar refractivity (Wildman–Crippen MR) is 144 cm³/mol. The fraction of sp³-hybridized carbons (Fsp3) is 0.423. The molecule has 14 nitrogen and oxygen atoms in total. The predicted octanol–water partition coefficient (Wildman–Crippen LogP) is 3.71. The number of hydrogen-bond donors (Lipinski definition) is 4. The Hall–Kier alpha value is -4.59. The Labute approximate surface area is 230 Å². The van der Waals surface area contributed by atoms with Gasteiger partial charge in [0.1, 0.15) is 5.60 Å². The van der Waals surface area contributed by atoms with Crippen molar-refractivity contribution in [3.8, 4) is 0 Å². The first-order valence-corrected chi connectivity index (χ1v) is 12.4. The highest BCUT2D eigenvalue weighted by atomic mass is 16.6. The molecule has 4 N–H and O–H groups in total. The van der Waals surface area contributed by atoms with Gasteiger partial charge in [-0.05, 0) is 46.1 Å². The Morgan fingerprint density at radius 1 is 1.02 bits per heavy atom. The van der Waals surface area contributed by atoms with E-state index >= 15 is 0 Å². The number of aliphatic carboxylic acids is 1. The number of benzene rings is 2. The van der Waals surface area contributed by atoms with Gasteiger partial charge in [-0.2, -0.15) is 0 Å². The summed E-state index contributed by atoms with van der Waals surface area (Å²) in [6.07, 6.45) is 1.80. The molecular weight excluding hydrogens is 526 g/mol. The zero-order valence-corrected chi connectivity index (χ0v) is 22.6. The van der Waals surface area contributed by atoms with E-state index in [9.17, 15) is 39.7 Å². The van der Waals surface area contributed by atoms with Crippen LogP contribution in [-0.2, 0) is 9.53 Å². The lowest BCUT2D eigenvalue weighted by Crippen LogP contribution is -2.49. The highest BCUT2D eigenvalue weighted by Gasteiger charge is 2.26. The number of non-ortho nitro benzene ring substituents is 2. The van der Waals surface area contributed by atoms with E-state index in [4.69, 9.17) is 4.74 Å². The molecule has 0 saturated carbocycles. The highest BCUT2D eigenvalue weighted by molar-refractivity contribution is 5.98. The van der Waals surface area contributed by atoms with E-state index in [-0.39, 0.29) is 23.3 Å². The smallest absolute Gasteiger partial charge is 0.407 e. The molecule has 0 unspecified atom stereocenters. The highest BCUT2D eigenvalue weighted by Crippen LogP contribution is 2.23. The number of amides is 2. The lowest BCUT2D eigenvalue weighted by Gasteiger charge is -2.29. The molecule has 1 fully saturated rings. The molecule has 0 radical (unpaired) electrons. The summed E-state index contributed by atoms with van der Waals surface area (Å²) in [5, 5.41) is 39.4. The quantitative estimate of drug-likeness (QED) is 0.286. The molecule has 0 bridgehead atoms. The van der Waals surface area contributed by atoms with Crippen LogP contribution in [0.1, 0.15) is 62.5 Å². The summed E-state index contributed by atoms with van der Waals surface area (Å²) in [7, 11) is 0. The molecule has 2 amide bonds. The molecule has 1 aliphatic heterocycles. The third kappa shape index (κ3) is 10.3. The molecule has 0 aromatic heterocycles. The van der Waals surface area contributed by atoms with Crippen LogP contribution in [-0.4, -0.2) is 57.2 Å². The van der Waals surface area contributed by atoms with Crippen molar-refractivity contribution in [3.63, 3.8) is 0 Å². The minimum atomic E-state index is -1.41.